The van der Waals surface area contributed by atoms with Gasteiger partial charge in [-0.3, -0.25) is 0 Å². The van der Waals surface area contributed by atoms with Crippen LogP contribution in [0.3, 0.4) is 0 Å². The van der Waals surface area contributed by atoms with Gasteiger partial charge in [-0.05, 0) is 42.4 Å². The van der Waals surface area contributed by atoms with Crippen molar-refractivity contribution in [1.29, 1.82) is 0 Å². The van der Waals surface area contributed by atoms with Crippen molar-refractivity contribution in [1.82, 2.24) is 5.32 Å². The Kier molecular flexibility index (Phi) is 2.94. The standard InChI is InChI=1S/C14H19NO/c1-2-4-12-9-13(6-5-11(12)3-1)14-10-16-8-7-15-14/h5-6,9,14-15H,1-4,7-8,10H2. The number of morpholine rings is 1. The summed E-state index contributed by atoms with van der Waals surface area (Å²) in [7, 11) is 0. The van der Waals surface area contributed by atoms with E-state index in [4.69, 9.17) is 4.74 Å². The predicted octanol–water partition coefficient (Wildman–Crippen LogP) is 2.23. The van der Waals surface area contributed by atoms with Gasteiger partial charge in [0, 0.05) is 6.54 Å². The highest BCUT2D eigenvalue weighted by molar-refractivity contribution is 5.35. The maximum Gasteiger partial charge on any atom is 0.0662 e. The molecule has 1 fully saturated rings. The summed E-state index contributed by atoms with van der Waals surface area (Å²) in [6, 6.07) is 7.39. The minimum Gasteiger partial charge on any atom is -0.378 e. The van der Waals surface area contributed by atoms with Gasteiger partial charge in [0.25, 0.3) is 0 Å². The van der Waals surface area contributed by atoms with E-state index in [0.717, 1.165) is 19.8 Å². The summed E-state index contributed by atoms with van der Waals surface area (Å²) in [5, 5.41) is 3.52. The van der Waals surface area contributed by atoms with Crippen LogP contribution in [0.15, 0.2) is 18.2 Å². The summed E-state index contributed by atoms with van der Waals surface area (Å²) in [5.74, 6) is 0. The van der Waals surface area contributed by atoms with Crippen molar-refractivity contribution >= 4 is 0 Å². The summed E-state index contributed by atoms with van der Waals surface area (Å²) in [5.41, 5.74) is 4.53. The number of nitrogens with one attached hydrogen (secondary N) is 1. The molecule has 0 spiro atoms. The molecule has 2 nitrogen and oxygen atoms in total. The second kappa shape index (κ2) is 4.56. The van der Waals surface area contributed by atoms with Crippen LogP contribution in [0.5, 0.6) is 0 Å². The molecule has 1 aliphatic carbocycles. The van der Waals surface area contributed by atoms with Crippen LogP contribution in [0.25, 0.3) is 0 Å². The van der Waals surface area contributed by atoms with Crippen LogP contribution in [-0.4, -0.2) is 19.8 Å². The Hall–Kier alpha value is -0.860. The Balaban J connectivity index is 1.84. The fourth-order valence-corrected chi connectivity index (χ4v) is 2.75. The SMILES string of the molecule is c1cc2c(cc1C1COCCN1)CCCC2. The first kappa shape index (κ1) is 10.3. The summed E-state index contributed by atoms with van der Waals surface area (Å²) in [6.45, 7) is 2.64. The van der Waals surface area contributed by atoms with Gasteiger partial charge in [0.2, 0.25) is 0 Å². The Labute approximate surface area is 97.0 Å². The van der Waals surface area contributed by atoms with Crippen molar-refractivity contribution in [3.8, 4) is 0 Å². The van der Waals surface area contributed by atoms with E-state index in [-0.39, 0.29) is 0 Å². The van der Waals surface area contributed by atoms with E-state index in [1.807, 2.05) is 0 Å². The van der Waals surface area contributed by atoms with Gasteiger partial charge in [-0.25, -0.2) is 0 Å². The topological polar surface area (TPSA) is 21.3 Å². The van der Waals surface area contributed by atoms with Gasteiger partial charge in [0.05, 0.1) is 19.3 Å². The van der Waals surface area contributed by atoms with Crippen molar-refractivity contribution in [3.05, 3.63) is 34.9 Å². The number of benzene rings is 1. The molecule has 3 rings (SSSR count). The van der Waals surface area contributed by atoms with E-state index >= 15 is 0 Å². The Morgan fingerprint density at radius 3 is 2.81 bits per heavy atom. The minimum absolute atomic E-state index is 0.404. The number of hydrogen-bond donors (Lipinski definition) is 1. The first-order valence-electron chi connectivity index (χ1n) is 6.36. The zero-order valence-electron chi connectivity index (χ0n) is 9.67. The molecule has 0 amide bonds. The van der Waals surface area contributed by atoms with E-state index in [1.165, 1.54) is 31.2 Å². The maximum absolute atomic E-state index is 5.52. The van der Waals surface area contributed by atoms with Crippen LogP contribution >= 0.6 is 0 Å². The first-order chi connectivity index (χ1) is 7.93. The third-order valence-electron chi connectivity index (χ3n) is 3.70. The van der Waals surface area contributed by atoms with Gasteiger partial charge < -0.3 is 10.1 Å². The number of ether oxygens (including phenoxy) is 1. The molecule has 0 aromatic heterocycles. The molecule has 1 aromatic rings. The van der Waals surface area contributed by atoms with Gasteiger partial charge in [-0.2, -0.15) is 0 Å². The highest BCUT2D eigenvalue weighted by Gasteiger charge is 2.17. The molecule has 1 unspecified atom stereocenters. The van der Waals surface area contributed by atoms with Gasteiger partial charge in [0.15, 0.2) is 0 Å². The number of rotatable bonds is 1. The minimum atomic E-state index is 0.404. The molecule has 86 valence electrons. The molecule has 1 N–H and O–H groups in total. The monoisotopic (exact) mass is 217 g/mol. The smallest absolute Gasteiger partial charge is 0.0662 e. The molecule has 1 atom stereocenters. The molecule has 1 heterocycles. The molecule has 1 aromatic carbocycles. The van der Waals surface area contributed by atoms with E-state index in [9.17, 15) is 0 Å². The molecule has 1 saturated heterocycles. The number of fused-ring (bicyclic) bond motifs is 1. The quantitative estimate of drug-likeness (QED) is 0.779. The zero-order valence-corrected chi connectivity index (χ0v) is 9.67. The first-order valence-corrected chi connectivity index (χ1v) is 6.36. The van der Waals surface area contributed by atoms with Crippen LogP contribution in [0.1, 0.15) is 35.6 Å². The third-order valence-corrected chi connectivity index (χ3v) is 3.70. The summed E-state index contributed by atoms with van der Waals surface area (Å²) >= 11 is 0. The average Bonchev–Trinajstić information content (AvgIpc) is 2.39. The van der Waals surface area contributed by atoms with Crippen molar-refractivity contribution in [2.24, 2.45) is 0 Å². The molecule has 0 radical (unpaired) electrons. The van der Waals surface area contributed by atoms with Crippen molar-refractivity contribution in [2.45, 2.75) is 31.7 Å². The molecule has 0 saturated carbocycles. The molecule has 2 aliphatic rings. The second-order valence-electron chi connectivity index (χ2n) is 4.82. The summed E-state index contributed by atoms with van der Waals surface area (Å²) < 4.78 is 5.52. The van der Waals surface area contributed by atoms with Gasteiger partial charge in [0.1, 0.15) is 0 Å². The average molecular weight is 217 g/mol. The fraction of sp³-hybridized carbons (Fsp3) is 0.571. The zero-order chi connectivity index (χ0) is 10.8. The molecule has 16 heavy (non-hydrogen) atoms. The van der Waals surface area contributed by atoms with Gasteiger partial charge >= 0.3 is 0 Å². The Morgan fingerprint density at radius 1 is 1.12 bits per heavy atom. The molecular formula is C14H19NO. The van der Waals surface area contributed by atoms with Gasteiger partial charge in [-0.15, -0.1) is 0 Å². The van der Waals surface area contributed by atoms with Gasteiger partial charge in [-0.1, -0.05) is 18.2 Å². The lowest BCUT2D eigenvalue weighted by molar-refractivity contribution is 0.0768. The normalized spacial score (nSPS) is 25.1. The Morgan fingerprint density at radius 2 is 2.00 bits per heavy atom. The Bertz CT molecular complexity index is 369. The van der Waals surface area contributed by atoms with Crippen molar-refractivity contribution in [3.63, 3.8) is 0 Å². The second-order valence-corrected chi connectivity index (χ2v) is 4.82. The van der Waals surface area contributed by atoms with E-state index in [1.54, 1.807) is 11.1 Å². The molecular weight excluding hydrogens is 198 g/mol. The van der Waals surface area contributed by atoms with E-state index < -0.39 is 0 Å². The summed E-state index contributed by atoms with van der Waals surface area (Å²) in [6.07, 6.45) is 5.24. The third kappa shape index (κ3) is 2.00. The summed E-state index contributed by atoms with van der Waals surface area (Å²) in [4.78, 5) is 0. The molecule has 0 bridgehead atoms. The van der Waals surface area contributed by atoms with Crippen LogP contribution in [0.2, 0.25) is 0 Å². The lowest BCUT2D eigenvalue weighted by atomic mass is 9.89. The van der Waals surface area contributed by atoms with Crippen LogP contribution in [0, 0.1) is 0 Å². The van der Waals surface area contributed by atoms with Crippen LogP contribution in [0.4, 0.5) is 0 Å². The molecule has 2 heteroatoms. The molecule has 1 aliphatic heterocycles. The number of hydrogen-bond acceptors (Lipinski definition) is 2. The number of aryl methyl sites for hydroxylation is 2. The van der Waals surface area contributed by atoms with E-state index in [0.29, 0.717) is 6.04 Å². The maximum atomic E-state index is 5.52. The lowest BCUT2D eigenvalue weighted by Crippen LogP contribution is -2.34. The lowest BCUT2D eigenvalue weighted by Gasteiger charge is -2.26. The van der Waals surface area contributed by atoms with Crippen molar-refractivity contribution in [2.75, 3.05) is 19.8 Å². The van der Waals surface area contributed by atoms with E-state index in [2.05, 4.69) is 23.5 Å². The van der Waals surface area contributed by atoms with Crippen LogP contribution in [-0.2, 0) is 17.6 Å². The van der Waals surface area contributed by atoms with Crippen molar-refractivity contribution < 1.29 is 4.74 Å². The largest absolute Gasteiger partial charge is 0.378 e. The fourth-order valence-electron chi connectivity index (χ4n) is 2.75. The predicted molar refractivity (Wildman–Crippen MR) is 64.6 cm³/mol. The highest BCUT2D eigenvalue weighted by Crippen LogP contribution is 2.25. The highest BCUT2D eigenvalue weighted by atomic mass is 16.5. The van der Waals surface area contributed by atoms with Crippen LogP contribution < -0.4 is 5.32 Å².